The Labute approximate surface area is 168 Å². The predicted molar refractivity (Wildman–Crippen MR) is 113 cm³/mol. The van der Waals surface area contributed by atoms with Crippen LogP contribution < -0.4 is 5.63 Å². The maximum absolute atomic E-state index is 12.7. The first-order chi connectivity index (χ1) is 13.5. The van der Waals surface area contributed by atoms with Crippen LogP contribution in [0.2, 0.25) is 0 Å². The van der Waals surface area contributed by atoms with E-state index >= 15 is 0 Å². The monoisotopic (exact) mass is 412 g/mol. The first kappa shape index (κ1) is 18.7. The molecule has 1 fully saturated rings. The van der Waals surface area contributed by atoms with E-state index in [9.17, 15) is 14.7 Å². The van der Waals surface area contributed by atoms with Gasteiger partial charge in [0.2, 0.25) is 0 Å². The number of aliphatic hydroxyl groups excluding tert-OH is 1. The van der Waals surface area contributed by atoms with Gasteiger partial charge in [0.15, 0.2) is 5.17 Å². The van der Waals surface area contributed by atoms with Crippen LogP contribution in [-0.4, -0.2) is 34.2 Å². The molecular weight excluding hydrogens is 396 g/mol. The third kappa shape index (κ3) is 3.66. The molecule has 142 valence electrons. The summed E-state index contributed by atoms with van der Waals surface area (Å²) in [7, 11) is 0. The molecular formula is C20H16N2O4S2. The Bertz CT molecular complexity index is 1160. The minimum atomic E-state index is -0.414. The molecule has 1 N–H and O–H groups in total. The normalized spacial score (nSPS) is 17.4. The van der Waals surface area contributed by atoms with E-state index in [0.29, 0.717) is 21.3 Å². The molecule has 1 aromatic carbocycles. The van der Waals surface area contributed by atoms with Crippen LogP contribution in [0.3, 0.4) is 0 Å². The van der Waals surface area contributed by atoms with Gasteiger partial charge in [-0.25, -0.2) is 9.79 Å². The topological polar surface area (TPSA) is 83.1 Å². The summed E-state index contributed by atoms with van der Waals surface area (Å²) in [5, 5.41) is 12.6. The van der Waals surface area contributed by atoms with Gasteiger partial charge in [0.05, 0.1) is 23.7 Å². The van der Waals surface area contributed by atoms with E-state index in [1.165, 1.54) is 22.7 Å². The zero-order valence-corrected chi connectivity index (χ0v) is 16.5. The number of thioether (sulfide) groups is 1. The van der Waals surface area contributed by atoms with Gasteiger partial charge in [0, 0.05) is 22.4 Å². The second-order valence-electron chi connectivity index (χ2n) is 6.13. The molecule has 28 heavy (non-hydrogen) atoms. The fourth-order valence-electron chi connectivity index (χ4n) is 2.88. The Kier molecular flexibility index (Phi) is 5.17. The summed E-state index contributed by atoms with van der Waals surface area (Å²) in [5.41, 5.74) is 1.43. The number of nitrogens with zero attached hydrogens (tertiary/aromatic N) is 2. The van der Waals surface area contributed by atoms with Crippen molar-refractivity contribution in [3.63, 3.8) is 0 Å². The van der Waals surface area contributed by atoms with E-state index in [0.717, 1.165) is 15.8 Å². The average molecular weight is 412 g/mol. The van der Waals surface area contributed by atoms with Crippen LogP contribution >= 0.6 is 23.1 Å². The van der Waals surface area contributed by atoms with Crippen LogP contribution in [0.1, 0.15) is 10.4 Å². The summed E-state index contributed by atoms with van der Waals surface area (Å²) < 4.78 is 5.27. The molecule has 0 spiro atoms. The Morgan fingerprint density at radius 2 is 2.11 bits per heavy atom. The van der Waals surface area contributed by atoms with Crippen molar-refractivity contribution in [2.75, 3.05) is 13.2 Å². The molecule has 1 amide bonds. The lowest BCUT2D eigenvalue weighted by Crippen LogP contribution is -2.31. The first-order valence-corrected chi connectivity index (χ1v) is 10.2. The maximum atomic E-state index is 12.7. The van der Waals surface area contributed by atoms with Crippen LogP contribution in [0, 0.1) is 6.92 Å². The van der Waals surface area contributed by atoms with E-state index < -0.39 is 5.63 Å². The number of amides is 1. The Hall–Kier alpha value is -2.68. The van der Waals surface area contributed by atoms with Crippen LogP contribution in [0.4, 0.5) is 5.69 Å². The van der Waals surface area contributed by atoms with Gasteiger partial charge in [-0.1, -0.05) is 6.07 Å². The van der Waals surface area contributed by atoms with Crippen molar-refractivity contribution in [2.24, 2.45) is 4.99 Å². The number of carbonyl (C=O) groups is 1. The van der Waals surface area contributed by atoms with Crippen LogP contribution in [0.25, 0.3) is 17.0 Å². The van der Waals surface area contributed by atoms with Crippen LogP contribution in [0.5, 0.6) is 0 Å². The third-order valence-corrected chi connectivity index (χ3v) is 6.01. The smallest absolute Gasteiger partial charge is 0.336 e. The Morgan fingerprint density at radius 1 is 1.25 bits per heavy atom. The van der Waals surface area contributed by atoms with E-state index in [1.54, 1.807) is 17.4 Å². The molecule has 0 atom stereocenters. The molecule has 0 bridgehead atoms. The van der Waals surface area contributed by atoms with E-state index in [-0.39, 0.29) is 19.1 Å². The fourth-order valence-corrected chi connectivity index (χ4v) is 4.63. The number of carbonyl (C=O) groups excluding carboxylic acids is 1. The van der Waals surface area contributed by atoms with Gasteiger partial charge in [-0.2, -0.15) is 0 Å². The predicted octanol–water partition coefficient (Wildman–Crippen LogP) is 3.76. The number of fused-ring (bicyclic) bond motifs is 1. The van der Waals surface area contributed by atoms with Gasteiger partial charge < -0.3 is 9.52 Å². The second kappa shape index (κ2) is 7.75. The molecule has 1 aliphatic rings. The van der Waals surface area contributed by atoms with E-state index in [1.807, 2.05) is 42.6 Å². The minimum Gasteiger partial charge on any atom is -0.423 e. The van der Waals surface area contributed by atoms with Gasteiger partial charge in [0.1, 0.15) is 5.58 Å². The summed E-state index contributed by atoms with van der Waals surface area (Å²) in [6.45, 7) is 1.85. The van der Waals surface area contributed by atoms with Crippen molar-refractivity contribution in [1.82, 2.24) is 4.90 Å². The largest absolute Gasteiger partial charge is 0.423 e. The third-order valence-electron chi connectivity index (χ3n) is 4.19. The zero-order chi connectivity index (χ0) is 19.7. The van der Waals surface area contributed by atoms with Gasteiger partial charge >= 0.3 is 5.63 Å². The zero-order valence-electron chi connectivity index (χ0n) is 14.9. The molecule has 6 nitrogen and oxygen atoms in total. The summed E-state index contributed by atoms with van der Waals surface area (Å²) in [5.74, 6) is -0.186. The quantitative estimate of drug-likeness (QED) is 0.521. The number of β-amino-alcohol motifs (C(OH)–C–C–N with tert-alkyl or cyclic N) is 1. The molecule has 0 aliphatic carbocycles. The molecule has 1 aliphatic heterocycles. The van der Waals surface area contributed by atoms with Crippen molar-refractivity contribution in [3.8, 4) is 0 Å². The summed E-state index contributed by atoms with van der Waals surface area (Å²) in [6, 6.07) is 10.6. The maximum Gasteiger partial charge on any atom is 0.336 e. The molecule has 3 heterocycles. The number of rotatable bonds is 4. The molecule has 4 rings (SSSR count). The number of aryl methyl sites for hydroxylation is 1. The number of aliphatic imine (C=N–C) groups is 1. The molecule has 8 heteroatoms. The highest BCUT2D eigenvalue weighted by molar-refractivity contribution is 8.18. The molecule has 1 saturated heterocycles. The summed E-state index contributed by atoms with van der Waals surface area (Å²) in [6.07, 6.45) is 1.83. The highest BCUT2D eigenvalue weighted by atomic mass is 32.2. The Balaban J connectivity index is 1.73. The van der Waals surface area contributed by atoms with E-state index in [4.69, 9.17) is 4.42 Å². The van der Waals surface area contributed by atoms with Gasteiger partial charge in [-0.15, -0.1) is 11.3 Å². The number of amidine groups is 1. The SMILES string of the molecule is Cc1cc(=O)oc2cc(N=C3S/C(=C\c4cccs4)C(=O)N3CCO)ccc12. The Morgan fingerprint density at radius 3 is 2.86 bits per heavy atom. The molecule has 0 unspecified atom stereocenters. The second-order valence-corrected chi connectivity index (χ2v) is 8.12. The van der Waals surface area contributed by atoms with Crippen LogP contribution in [-0.2, 0) is 4.79 Å². The number of aliphatic hydroxyl groups is 1. The average Bonchev–Trinajstić information content (AvgIpc) is 3.26. The van der Waals surface area contributed by atoms with Gasteiger partial charge in [-0.3, -0.25) is 9.69 Å². The van der Waals surface area contributed by atoms with Crippen LogP contribution in [0.15, 0.2) is 60.9 Å². The molecule has 0 radical (unpaired) electrons. The van der Waals surface area contributed by atoms with Gasteiger partial charge in [0.25, 0.3) is 5.91 Å². The number of hydrogen-bond donors (Lipinski definition) is 1. The molecule has 2 aromatic heterocycles. The van der Waals surface area contributed by atoms with Crippen molar-refractivity contribution in [1.29, 1.82) is 0 Å². The highest BCUT2D eigenvalue weighted by Gasteiger charge is 2.33. The molecule has 3 aromatic rings. The number of benzene rings is 1. The van der Waals surface area contributed by atoms with E-state index in [2.05, 4.69) is 4.99 Å². The number of thiophene rings is 1. The summed E-state index contributed by atoms with van der Waals surface area (Å²) in [4.78, 5) is 31.9. The number of hydrogen-bond acceptors (Lipinski definition) is 7. The standard InChI is InChI=1S/C20H16N2O4S2/c1-12-9-18(24)26-16-10-13(4-5-15(12)16)21-20-22(6-7-23)19(25)17(28-20)11-14-3-2-8-27-14/h2-5,8-11,23H,6-7H2,1H3/b17-11-,21-20?. The van der Waals surface area contributed by atoms with Gasteiger partial charge in [-0.05, 0) is 53.9 Å². The van der Waals surface area contributed by atoms with Crippen molar-refractivity contribution >= 4 is 56.9 Å². The lowest BCUT2D eigenvalue weighted by atomic mass is 10.1. The first-order valence-electron chi connectivity index (χ1n) is 8.54. The van der Waals surface area contributed by atoms with Crippen molar-refractivity contribution in [3.05, 3.63) is 67.5 Å². The minimum absolute atomic E-state index is 0.161. The highest BCUT2D eigenvalue weighted by Crippen LogP contribution is 2.35. The lowest BCUT2D eigenvalue weighted by molar-refractivity contribution is -0.122. The van der Waals surface area contributed by atoms with Crippen molar-refractivity contribution < 1.29 is 14.3 Å². The summed E-state index contributed by atoms with van der Waals surface area (Å²) >= 11 is 2.81. The molecule has 0 saturated carbocycles. The lowest BCUT2D eigenvalue weighted by Gasteiger charge is -2.13. The van der Waals surface area contributed by atoms with Crippen molar-refractivity contribution in [2.45, 2.75) is 6.92 Å². The fraction of sp³-hybridized carbons (Fsp3) is 0.150.